The Morgan fingerprint density at radius 3 is 2.38 bits per heavy atom. The summed E-state index contributed by atoms with van der Waals surface area (Å²) >= 11 is 0. The molecule has 0 spiro atoms. The number of aryl methyl sites for hydroxylation is 2. The van der Waals surface area contributed by atoms with Crippen LogP contribution in [0.1, 0.15) is 34.3 Å². The van der Waals surface area contributed by atoms with Crippen LogP contribution in [0.3, 0.4) is 0 Å². The fourth-order valence-corrected chi connectivity index (χ4v) is 2.81. The van der Waals surface area contributed by atoms with Crippen LogP contribution in [0.2, 0.25) is 0 Å². The molecule has 0 aromatic heterocycles. The molecule has 3 nitrogen and oxygen atoms in total. The van der Waals surface area contributed by atoms with E-state index in [1.165, 1.54) is 24.0 Å². The third kappa shape index (κ3) is 2.92. The third-order valence-electron chi connectivity index (χ3n) is 3.95. The Kier molecular flexibility index (Phi) is 3.91. The molecule has 21 heavy (non-hydrogen) atoms. The van der Waals surface area contributed by atoms with Crippen LogP contribution in [0, 0.1) is 0 Å². The summed E-state index contributed by atoms with van der Waals surface area (Å²) in [6.07, 6.45) is 4.61. The second-order valence-electron chi connectivity index (χ2n) is 5.35. The highest BCUT2D eigenvalue weighted by molar-refractivity contribution is 6.05. The standard InChI is InChI=1S/C18H19NO2/c1-21-17-12-15-10-6-5-9-14(15)11-16(17)19-18(20)13-7-3-2-4-8-13/h2-4,7-8,11-12H,5-6,9-10H2,1H3,(H,19,20). The summed E-state index contributed by atoms with van der Waals surface area (Å²) in [5.74, 6) is 0.629. The van der Waals surface area contributed by atoms with E-state index in [4.69, 9.17) is 4.74 Å². The van der Waals surface area contributed by atoms with Crippen LogP contribution in [0.15, 0.2) is 42.5 Å². The van der Waals surface area contributed by atoms with Crippen molar-refractivity contribution in [3.63, 3.8) is 0 Å². The van der Waals surface area contributed by atoms with Crippen molar-refractivity contribution in [1.82, 2.24) is 0 Å². The van der Waals surface area contributed by atoms with Crippen molar-refractivity contribution in [3.8, 4) is 5.75 Å². The predicted molar refractivity (Wildman–Crippen MR) is 84.0 cm³/mol. The van der Waals surface area contributed by atoms with Gasteiger partial charge in [-0.2, -0.15) is 0 Å². The van der Waals surface area contributed by atoms with Gasteiger partial charge in [0.05, 0.1) is 12.8 Å². The van der Waals surface area contributed by atoms with Crippen molar-refractivity contribution < 1.29 is 9.53 Å². The van der Waals surface area contributed by atoms with Crippen molar-refractivity contribution >= 4 is 11.6 Å². The summed E-state index contributed by atoms with van der Waals surface area (Å²) in [6, 6.07) is 13.4. The predicted octanol–water partition coefficient (Wildman–Crippen LogP) is 3.83. The van der Waals surface area contributed by atoms with Gasteiger partial charge in [0.1, 0.15) is 5.75 Å². The number of ether oxygens (including phenoxy) is 1. The van der Waals surface area contributed by atoms with Gasteiger partial charge in [-0.3, -0.25) is 4.79 Å². The molecule has 0 atom stereocenters. The molecule has 2 aromatic rings. The molecule has 3 rings (SSSR count). The van der Waals surface area contributed by atoms with Gasteiger partial charge < -0.3 is 10.1 Å². The lowest BCUT2D eigenvalue weighted by Gasteiger charge is -2.19. The van der Waals surface area contributed by atoms with Gasteiger partial charge in [0.2, 0.25) is 0 Å². The first-order valence-corrected chi connectivity index (χ1v) is 7.34. The van der Waals surface area contributed by atoms with Gasteiger partial charge in [0.15, 0.2) is 0 Å². The lowest BCUT2D eigenvalue weighted by Crippen LogP contribution is -2.14. The summed E-state index contributed by atoms with van der Waals surface area (Å²) in [5.41, 5.74) is 4.07. The number of amides is 1. The van der Waals surface area contributed by atoms with Crippen molar-refractivity contribution in [2.75, 3.05) is 12.4 Å². The minimum atomic E-state index is -0.107. The number of hydrogen-bond acceptors (Lipinski definition) is 2. The molecule has 0 aliphatic heterocycles. The molecule has 3 heteroatoms. The fraction of sp³-hybridized carbons (Fsp3) is 0.278. The zero-order chi connectivity index (χ0) is 14.7. The van der Waals surface area contributed by atoms with Gasteiger partial charge in [-0.1, -0.05) is 18.2 Å². The maximum absolute atomic E-state index is 12.3. The number of rotatable bonds is 3. The smallest absolute Gasteiger partial charge is 0.255 e. The van der Waals surface area contributed by atoms with E-state index in [-0.39, 0.29) is 5.91 Å². The molecule has 0 unspecified atom stereocenters. The van der Waals surface area contributed by atoms with Crippen molar-refractivity contribution in [3.05, 3.63) is 59.2 Å². The Balaban J connectivity index is 1.89. The van der Waals surface area contributed by atoms with Crippen LogP contribution < -0.4 is 10.1 Å². The third-order valence-corrected chi connectivity index (χ3v) is 3.95. The number of methoxy groups -OCH3 is 1. The Labute approximate surface area is 124 Å². The van der Waals surface area contributed by atoms with Gasteiger partial charge in [-0.15, -0.1) is 0 Å². The van der Waals surface area contributed by atoms with Crippen molar-refractivity contribution in [1.29, 1.82) is 0 Å². The molecule has 0 saturated carbocycles. The van der Waals surface area contributed by atoms with Crippen LogP contribution in [0.5, 0.6) is 5.75 Å². The number of hydrogen-bond donors (Lipinski definition) is 1. The van der Waals surface area contributed by atoms with Gasteiger partial charge in [0, 0.05) is 5.56 Å². The Morgan fingerprint density at radius 2 is 1.71 bits per heavy atom. The van der Waals surface area contributed by atoms with Crippen LogP contribution in [-0.2, 0) is 12.8 Å². The molecular formula is C18H19NO2. The highest BCUT2D eigenvalue weighted by atomic mass is 16.5. The summed E-state index contributed by atoms with van der Waals surface area (Å²) in [5, 5.41) is 2.96. The summed E-state index contributed by atoms with van der Waals surface area (Å²) < 4.78 is 5.43. The van der Waals surface area contributed by atoms with Gasteiger partial charge in [0.25, 0.3) is 5.91 Å². The van der Waals surface area contributed by atoms with E-state index in [9.17, 15) is 4.79 Å². The topological polar surface area (TPSA) is 38.3 Å². The Hall–Kier alpha value is -2.29. The van der Waals surface area contributed by atoms with E-state index in [1.807, 2.05) is 18.2 Å². The molecule has 2 aromatic carbocycles. The van der Waals surface area contributed by atoms with Crippen molar-refractivity contribution in [2.24, 2.45) is 0 Å². The molecule has 1 N–H and O–H groups in total. The molecule has 108 valence electrons. The number of benzene rings is 2. The zero-order valence-corrected chi connectivity index (χ0v) is 12.2. The Bertz CT molecular complexity index is 650. The van der Waals surface area contributed by atoms with E-state index in [0.717, 1.165) is 24.3 Å². The second-order valence-corrected chi connectivity index (χ2v) is 5.35. The van der Waals surface area contributed by atoms with Crippen LogP contribution >= 0.6 is 0 Å². The van der Waals surface area contributed by atoms with Gasteiger partial charge in [-0.05, 0) is 61.1 Å². The van der Waals surface area contributed by atoms with E-state index in [2.05, 4.69) is 17.4 Å². The molecule has 1 aliphatic rings. The number of anilines is 1. The molecule has 0 radical (unpaired) electrons. The lowest BCUT2D eigenvalue weighted by atomic mass is 9.91. The molecule has 0 bridgehead atoms. The molecule has 0 heterocycles. The van der Waals surface area contributed by atoms with Crippen LogP contribution in [0.4, 0.5) is 5.69 Å². The zero-order valence-electron chi connectivity index (χ0n) is 12.2. The average Bonchev–Trinajstić information content (AvgIpc) is 2.55. The summed E-state index contributed by atoms with van der Waals surface area (Å²) in [7, 11) is 1.64. The first-order valence-electron chi connectivity index (χ1n) is 7.34. The molecule has 1 amide bonds. The van der Waals surface area contributed by atoms with E-state index >= 15 is 0 Å². The number of fused-ring (bicyclic) bond motifs is 1. The number of carbonyl (C=O) groups excluding carboxylic acids is 1. The minimum Gasteiger partial charge on any atom is -0.495 e. The minimum absolute atomic E-state index is 0.107. The molecule has 0 saturated heterocycles. The summed E-state index contributed by atoms with van der Waals surface area (Å²) in [6.45, 7) is 0. The SMILES string of the molecule is COc1cc2c(cc1NC(=O)c1ccccc1)CCCC2. The Morgan fingerprint density at radius 1 is 1.05 bits per heavy atom. The first-order chi connectivity index (χ1) is 10.3. The average molecular weight is 281 g/mol. The largest absolute Gasteiger partial charge is 0.495 e. The highest BCUT2D eigenvalue weighted by Crippen LogP contribution is 2.32. The fourth-order valence-electron chi connectivity index (χ4n) is 2.81. The van der Waals surface area contributed by atoms with E-state index in [0.29, 0.717) is 5.56 Å². The monoisotopic (exact) mass is 281 g/mol. The molecular weight excluding hydrogens is 262 g/mol. The van der Waals surface area contributed by atoms with Crippen molar-refractivity contribution in [2.45, 2.75) is 25.7 Å². The van der Waals surface area contributed by atoms with Crippen LogP contribution in [0.25, 0.3) is 0 Å². The first kappa shape index (κ1) is 13.7. The lowest BCUT2D eigenvalue weighted by molar-refractivity contribution is 0.102. The molecule has 1 aliphatic carbocycles. The maximum atomic E-state index is 12.3. The summed E-state index contributed by atoms with van der Waals surface area (Å²) in [4.78, 5) is 12.3. The van der Waals surface area contributed by atoms with Gasteiger partial charge >= 0.3 is 0 Å². The number of nitrogens with one attached hydrogen (secondary N) is 1. The van der Waals surface area contributed by atoms with E-state index < -0.39 is 0 Å². The maximum Gasteiger partial charge on any atom is 0.255 e. The quantitative estimate of drug-likeness (QED) is 0.928. The normalized spacial score (nSPS) is 13.4. The number of carbonyl (C=O) groups is 1. The van der Waals surface area contributed by atoms with Gasteiger partial charge in [-0.25, -0.2) is 0 Å². The van der Waals surface area contributed by atoms with E-state index in [1.54, 1.807) is 19.2 Å². The second kappa shape index (κ2) is 6.00. The molecule has 0 fully saturated rings. The van der Waals surface area contributed by atoms with Crippen LogP contribution in [-0.4, -0.2) is 13.0 Å². The highest BCUT2D eigenvalue weighted by Gasteiger charge is 2.16.